The molecular formula is C19H44O2Si3. The molecule has 2 atom stereocenters. The lowest BCUT2D eigenvalue weighted by molar-refractivity contribution is 0.0254. The summed E-state index contributed by atoms with van der Waals surface area (Å²) in [5.41, 5.74) is 0. The Hall–Kier alpha value is 0.571. The van der Waals surface area contributed by atoms with Crippen LogP contribution in [0.3, 0.4) is 0 Å². The molecule has 5 heteroatoms. The molecule has 0 aliphatic carbocycles. The Morgan fingerprint density at radius 2 is 1.71 bits per heavy atom. The normalized spacial score (nSPS) is 28.2. The lowest BCUT2D eigenvalue weighted by Crippen LogP contribution is -2.73. The highest BCUT2D eigenvalue weighted by molar-refractivity contribution is 6.81. The maximum atomic E-state index is 7.18. The smallest absolute Gasteiger partial charge is 0.220 e. The van der Waals surface area contributed by atoms with Crippen LogP contribution >= 0.6 is 0 Å². The fraction of sp³-hybridized carbons (Fsp3) is 1.00. The van der Waals surface area contributed by atoms with Crippen molar-refractivity contribution < 1.29 is 8.85 Å². The van der Waals surface area contributed by atoms with E-state index < -0.39 is 25.4 Å². The highest BCUT2D eigenvalue weighted by Crippen LogP contribution is 2.51. The van der Waals surface area contributed by atoms with E-state index in [1.807, 2.05) is 0 Å². The van der Waals surface area contributed by atoms with E-state index in [2.05, 4.69) is 60.4 Å². The topological polar surface area (TPSA) is 18.5 Å². The maximum Gasteiger partial charge on any atom is 0.220 e. The minimum Gasteiger partial charge on any atom is -0.412 e. The van der Waals surface area contributed by atoms with Crippen LogP contribution in [0.1, 0.15) is 66.2 Å². The van der Waals surface area contributed by atoms with Crippen molar-refractivity contribution in [1.82, 2.24) is 0 Å². The van der Waals surface area contributed by atoms with E-state index in [9.17, 15) is 0 Å². The van der Waals surface area contributed by atoms with Crippen molar-refractivity contribution in [2.24, 2.45) is 0 Å². The molecule has 1 fully saturated rings. The van der Waals surface area contributed by atoms with Crippen LogP contribution in [0.15, 0.2) is 0 Å². The zero-order valence-corrected chi connectivity index (χ0v) is 21.2. The van der Waals surface area contributed by atoms with E-state index in [0.717, 1.165) is 6.42 Å². The largest absolute Gasteiger partial charge is 0.412 e. The van der Waals surface area contributed by atoms with Crippen LogP contribution < -0.4 is 0 Å². The van der Waals surface area contributed by atoms with Gasteiger partial charge in [-0.1, -0.05) is 53.6 Å². The molecule has 1 saturated heterocycles. The summed E-state index contributed by atoms with van der Waals surface area (Å²) in [7, 11) is -4.29. The van der Waals surface area contributed by atoms with Crippen LogP contribution in [0.25, 0.3) is 0 Å². The number of hydrogen-bond acceptors (Lipinski definition) is 2. The Morgan fingerprint density at radius 1 is 1.12 bits per heavy atom. The zero-order chi connectivity index (χ0) is 18.6. The predicted octanol–water partition coefficient (Wildman–Crippen LogP) is 6.28. The highest BCUT2D eigenvalue weighted by atomic mass is 28.4. The summed E-state index contributed by atoms with van der Waals surface area (Å²) < 4.78 is 14.2. The van der Waals surface area contributed by atoms with Crippen molar-refractivity contribution in [3.63, 3.8) is 0 Å². The standard InChI is InChI=1S/C19H44O2Si3/c1-10-14-16-23(7,8)21-19(13-4)15-17-24(19,9)20-18(11-2,12-3)22(5)6/h22H,10-17H2,1-9H3. The second-order valence-corrected chi connectivity index (χ2v) is 20.7. The molecule has 1 aliphatic rings. The van der Waals surface area contributed by atoms with Gasteiger partial charge in [0.25, 0.3) is 0 Å². The van der Waals surface area contributed by atoms with Crippen LogP contribution in [0, 0.1) is 0 Å². The quantitative estimate of drug-likeness (QED) is 0.388. The van der Waals surface area contributed by atoms with Crippen LogP contribution in [-0.2, 0) is 8.85 Å². The second kappa shape index (κ2) is 8.51. The summed E-state index contributed by atoms with van der Waals surface area (Å²) in [5, 5.41) is 0.273. The minimum atomic E-state index is -1.82. The lowest BCUT2D eigenvalue weighted by atomic mass is 10.2. The van der Waals surface area contributed by atoms with Crippen LogP contribution in [0.5, 0.6) is 0 Å². The predicted molar refractivity (Wildman–Crippen MR) is 116 cm³/mol. The molecule has 0 N–H and O–H groups in total. The van der Waals surface area contributed by atoms with Gasteiger partial charge in [0, 0.05) is 5.22 Å². The molecular weight excluding hydrogens is 344 g/mol. The van der Waals surface area contributed by atoms with Crippen molar-refractivity contribution in [3.05, 3.63) is 0 Å². The van der Waals surface area contributed by atoms with Gasteiger partial charge in [-0.15, -0.1) is 0 Å². The molecule has 24 heavy (non-hydrogen) atoms. The third-order valence-electron chi connectivity index (χ3n) is 6.82. The van der Waals surface area contributed by atoms with E-state index >= 15 is 0 Å². The van der Waals surface area contributed by atoms with Crippen molar-refractivity contribution >= 4 is 25.4 Å². The molecule has 0 radical (unpaired) electrons. The average Bonchev–Trinajstić information content (AvgIpc) is 2.54. The maximum absolute atomic E-state index is 7.18. The average molecular weight is 389 g/mol. The Kier molecular flexibility index (Phi) is 8.01. The molecule has 0 aromatic carbocycles. The summed E-state index contributed by atoms with van der Waals surface area (Å²) >= 11 is 0. The summed E-state index contributed by atoms with van der Waals surface area (Å²) in [6.45, 7) is 21.6. The van der Waals surface area contributed by atoms with E-state index in [0.29, 0.717) is 0 Å². The number of rotatable bonds is 11. The first-order valence-electron chi connectivity index (χ1n) is 10.5. The molecule has 144 valence electrons. The molecule has 2 unspecified atom stereocenters. The van der Waals surface area contributed by atoms with Gasteiger partial charge in [0.2, 0.25) is 8.32 Å². The van der Waals surface area contributed by atoms with E-state index in [1.54, 1.807) is 0 Å². The monoisotopic (exact) mass is 388 g/mol. The molecule has 0 aromatic rings. The molecule has 1 aliphatic heterocycles. The minimum absolute atomic E-state index is 0.0926. The third kappa shape index (κ3) is 4.45. The van der Waals surface area contributed by atoms with Crippen molar-refractivity contribution in [2.75, 3.05) is 0 Å². The third-order valence-corrected chi connectivity index (χ3v) is 17.5. The van der Waals surface area contributed by atoms with Gasteiger partial charge in [0.05, 0.1) is 14.0 Å². The Balaban J connectivity index is 3.00. The molecule has 0 saturated carbocycles. The molecule has 2 nitrogen and oxygen atoms in total. The van der Waals surface area contributed by atoms with Gasteiger partial charge >= 0.3 is 0 Å². The first-order chi connectivity index (χ1) is 11.1. The number of unbranched alkanes of at least 4 members (excludes halogenated alkanes) is 1. The van der Waals surface area contributed by atoms with Gasteiger partial charge in [0.15, 0.2) is 8.32 Å². The van der Waals surface area contributed by atoms with Gasteiger partial charge in [-0.25, -0.2) is 0 Å². The molecule has 0 amide bonds. The summed E-state index contributed by atoms with van der Waals surface area (Å²) in [6.07, 6.45) is 7.31. The number of hydrogen-bond donors (Lipinski definition) is 0. The first-order valence-corrected chi connectivity index (χ1v) is 19.1. The molecule has 0 aromatic heterocycles. The van der Waals surface area contributed by atoms with Crippen LogP contribution in [0.2, 0.25) is 44.8 Å². The van der Waals surface area contributed by atoms with Crippen molar-refractivity contribution in [3.8, 4) is 0 Å². The van der Waals surface area contributed by atoms with Gasteiger partial charge < -0.3 is 8.85 Å². The molecule has 1 rings (SSSR count). The molecule has 0 bridgehead atoms. The fourth-order valence-corrected chi connectivity index (χ4v) is 16.0. The lowest BCUT2D eigenvalue weighted by Gasteiger charge is -2.60. The fourth-order valence-electron chi connectivity index (χ4n) is 4.64. The van der Waals surface area contributed by atoms with Crippen LogP contribution in [-0.4, -0.2) is 35.9 Å². The first kappa shape index (κ1) is 22.6. The Labute approximate surface area is 156 Å². The van der Waals surface area contributed by atoms with Crippen molar-refractivity contribution in [1.29, 1.82) is 0 Å². The van der Waals surface area contributed by atoms with Crippen molar-refractivity contribution in [2.45, 2.75) is 121 Å². The Morgan fingerprint density at radius 3 is 2.04 bits per heavy atom. The zero-order valence-electron chi connectivity index (χ0n) is 18.1. The summed E-state index contributed by atoms with van der Waals surface area (Å²) in [6, 6.07) is 2.59. The van der Waals surface area contributed by atoms with Gasteiger partial charge in [0.1, 0.15) is 0 Å². The second-order valence-electron chi connectivity index (χ2n) is 9.07. The summed E-state index contributed by atoms with van der Waals surface area (Å²) in [5.74, 6) is 0. The van der Waals surface area contributed by atoms with E-state index in [-0.39, 0.29) is 10.4 Å². The Bertz CT molecular complexity index is 392. The van der Waals surface area contributed by atoms with E-state index in [4.69, 9.17) is 8.85 Å². The molecule has 1 heterocycles. The van der Waals surface area contributed by atoms with Gasteiger partial charge in [-0.05, 0) is 57.4 Å². The molecule has 0 spiro atoms. The van der Waals surface area contributed by atoms with Crippen LogP contribution in [0.4, 0.5) is 0 Å². The highest BCUT2D eigenvalue weighted by Gasteiger charge is 2.63. The van der Waals surface area contributed by atoms with Gasteiger partial charge in [-0.2, -0.15) is 0 Å². The SMILES string of the molecule is CCCC[Si](C)(C)OC1(CC)CC[Si]1(C)OC(CC)(CC)[SiH](C)C. The van der Waals surface area contributed by atoms with E-state index in [1.165, 1.54) is 44.2 Å². The van der Waals surface area contributed by atoms with Gasteiger partial charge in [-0.3, -0.25) is 0 Å². The summed E-state index contributed by atoms with van der Waals surface area (Å²) in [4.78, 5) is 0.